The van der Waals surface area contributed by atoms with Crippen molar-refractivity contribution < 1.29 is 22.4 Å². The second-order valence-corrected chi connectivity index (χ2v) is 4.35. The molecule has 0 aliphatic heterocycles. The SMILES string of the molecule is COc1cccc(Cc2noc(CNCC(F)(F)F)n2)c1. The highest BCUT2D eigenvalue weighted by Crippen LogP contribution is 2.15. The molecule has 1 aromatic heterocycles. The number of nitrogens with one attached hydrogen (secondary N) is 1. The van der Waals surface area contributed by atoms with Gasteiger partial charge >= 0.3 is 6.18 Å². The minimum Gasteiger partial charge on any atom is -0.497 e. The summed E-state index contributed by atoms with van der Waals surface area (Å²) < 4.78 is 45.9. The van der Waals surface area contributed by atoms with Crippen molar-refractivity contribution in [3.8, 4) is 5.75 Å². The van der Waals surface area contributed by atoms with Crippen LogP contribution in [0.1, 0.15) is 17.3 Å². The average Bonchev–Trinajstić information content (AvgIpc) is 2.85. The second-order valence-electron chi connectivity index (χ2n) is 4.35. The van der Waals surface area contributed by atoms with E-state index in [4.69, 9.17) is 9.26 Å². The Balaban J connectivity index is 1.90. The molecular formula is C13H14F3N3O2. The highest BCUT2D eigenvalue weighted by molar-refractivity contribution is 5.29. The van der Waals surface area contributed by atoms with Crippen LogP contribution < -0.4 is 10.1 Å². The zero-order chi connectivity index (χ0) is 15.3. The first-order valence-electron chi connectivity index (χ1n) is 6.18. The van der Waals surface area contributed by atoms with Crippen molar-refractivity contribution in [1.29, 1.82) is 0 Å². The summed E-state index contributed by atoms with van der Waals surface area (Å²) in [6, 6.07) is 7.35. The number of hydrogen-bond donors (Lipinski definition) is 1. The number of rotatable bonds is 6. The van der Waals surface area contributed by atoms with E-state index in [0.717, 1.165) is 5.56 Å². The molecule has 1 heterocycles. The van der Waals surface area contributed by atoms with Crippen molar-refractivity contribution in [3.63, 3.8) is 0 Å². The molecule has 1 aromatic carbocycles. The highest BCUT2D eigenvalue weighted by atomic mass is 19.4. The standard InChI is InChI=1S/C13H14F3N3O2/c1-20-10-4-2-3-9(5-10)6-11-18-12(21-19-11)7-17-8-13(14,15)16/h2-5,17H,6-8H2,1H3. The van der Waals surface area contributed by atoms with E-state index in [1.807, 2.05) is 24.3 Å². The number of halogens is 3. The van der Waals surface area contributed by atoms with Gasteiger partial charge in [0.05, 0.1) is 20.2 Å². The van der Waals surface area contributed by atoms with Gasteiger partial charge in [-0.3, -0.25) is 0 Å². The van der Waals surface area contributed by atoms with Gasteiger partial charge in [0.1, 0.15) is 5.75 Å². The maximum atomic E-state index is 12.0. The Labute approximate surface area is 119 Å². The summed E-state index contributed by atoms with van der Waals surface area (Å²) in [5, 5.41) is 5.93. The third-order valence-corrected chi connectivity index (χ3v) is 2.61. The maximum absolute atomic E-state index is 12.0. The molecule has 0 saturated heterocycles. The fourth-order valence-corrected chi connectivity index (χ4v) is 1.71. The van der Waals surface area contributed by atoms with E-state index in [1.165, 1.54) is 0 Å². The van der Waals surface area contributed by atoms with E-state index in [0.29, 0.717) is 18.0 Å². The molecule has 0 atom stereocenters. The average molecular weight is 301 g/mol. The van der Waals surface area contributed by atoms with Crippen molar-refractivity contribution in [2.75, 3.05) is 13.7 Å². The molecule has 1 N–H and O–H groups in total. The van der Waals surface area contributed by atoms with Crippen LogP contribution in [0.15, 0.2) is 28.8 Å². The van der Waals surface area contributed by atoms with Gasteiger partial charge in [-0.25, -0.2) is 0 Å². The molecule has 0 radical (unpaired) electrons. The molecule has 0 aliphatic carbocycles. The Bertz CT molecular complexity index is 584. The molecule has 2 aromatic rings. The van der Waals surface area contributed by atoms with Gasteiger partial charge in [0, 0.05) is 6.42 Å². The molecule has 114 valence electrons. The van der Waals surface area contributed by atoms with E-state index in [-0.39, 0.29) is 12.4 Å². The topological polar surface area (TPSA) is 60.2 Å². The molecule has 2 rings (SSSR count). The van der Waals surface area contributed by atoms with Crippen molar-refractivity contribution in [2.45, 2.75) is 19.1 Å². The van der Waals surface area contributed by atoms with Gasteiger partial charge in [-0.05, 0) is 17.7 Å². The predicted molar refractivity (Wildman–Crippen MR) is 67.9 cm³/mol. The molecule has 5 nitrogen and oxygen atoms in total. The highest BCUT2D eigenvalue weighted by Gasteiger charge is 2.26. The number of hydrogen-bond acceptors (Lipinski definition) is 5. The second kappa shape index (κ2) is 6.57. The van der Waals surface area contributed by atoms with Crippen molar-refractivity contribution in [3.05, 3.63) is 41.5 Å². The molecule has 0 unspecified atom stereocenters. The van der Waals surface area contributed by atoms with Crippen LogP contribution in [0, 0.1) is 0 Å². The van der Waals surface area contributed by atoms with Crippen LogP contribution in [0.25, 0.3) is 0 Å². The van der Waals surface area contributed by atoms with Gasteiger partial charge in [0.15, 0.2) is 5.82 Å². The number of aromatic nitrogens is 2. The molecule has 0 amide bonds. The molecule has 0 bridgehead atoms. The van der Waals surface area contributed by atoms with Crippen molar-refractivity contribution in [2.24, 2.45) is 0 Å². The number of alkyl halides is 3. The molecule has 8 heteroatoms. The van der Waals surface area contributed by atoms with E-state index in [1.54, 1.807) is 7.11 Å². The molecule has 0 saturated carbocycles. The van der Waals surface area contributed by atoms with Gasteiger partial charge in [0.25, 0.3) is 0 Å². The fraction of sp³-hybridized carbons (Fsp3) is 0.385. The zero-order valence-electron chi connectivity index (χ0n) is 11.3. The van der Waals surface area contributed by atoms with Crippen LogP contribution >= 0.6 is 0 Å². The molecule has 21 heavy (non-hydrogen) atoms. The lowest BCUT2D eigenvalue weighted by Crippen LogP contribution is -2.28. The third kappa shape index (κ3) is 5.07. The number of methoxy groups -OCH3 is 1. The van der Waals surface area contributed by atoms with Crippen molar-refractivity contribution >= 4 is 0 Å². The van der Waals surface area contributed by atoms with Gasteiger partial charge < -0.3 is 14.6 Å². The van der Waals surface area contributed by atoms with Crippen LogP contribution in [0.3, 0.4) is 0 Å². The largest absolute Gasteiger partial charge is 0.497 e. The summed E-state index contributed by atoms with van der Waals surface area (Å²) in [6.45, 7) is -1.22. The first-order chi connectivity index (χ1) is 9.96. The Kier molecular flexibility index (Phi) is 4.79. The summed E-state index contributed by atoms with van der Waals surface area (Å²) in [7, 11) is 1.57. The van der Waals surface area contributed by atoms with Crippen molar-refractivity contribution in [1.82, 2.24) is 15.5 Å². The summed E-state index contributed by atoms with van der Waals surface area (Å²) >= 11 is 0. The minimum absolute atomic E-state index is 0.120. The normalized spacial score (nSPS) is 11.6. The zero-order valence-corrected chi connectivity index (χ0v) is 11.3. The Morgan fingerprint density at radius 1 is 1.33 bits per heavy atom. The first kappa shape index (κ1) is 15.3. The Morgan fingerprint density at radius 3 is 2.86 bits per heavy atom. The van der Waals surface area contributed by atoms with Gasteiger partial charge in [-0.15, -0.1) is 0 Å². The quantitative estimate of drug-likeness (QED) is 0.887. The van der Waals surface area contributed by atoms with E-state index in [9.17, 15) is 13.2 Å². The fourth-order valence-electron chi connectivity index (χ4n) is 1.71. The molecular weight excluding hydrogens is 287 g/mol. The van der Waals surface area contributed by atoms with Crippen LogP contribution in [0.2, 0.25) is 0 Å². The van der Waals surface area contributed by atoms with Gasteiger partial charge in [-0.1, -0.05) is 17.3 Å². The van der Waals surface area contributed by atoms with Gasteiger partial charge in [0.2, 0.25) is 5.89 Å². The number of benzene rings is 1. The summed E-state index contributed by atoms with van der Waals surface area (Å²) in [4.78, 5) is 4.03. The lowest BCUT2D eigenvalue weighted by molar-refractivity contribution is -0.125. The van der Waals surface area contributed by atoms with Crippen LogP contribution in [0.5, 0.6) is 5.75 Å². The summed E-state index contributed by atoms with van der Waals surface area (Å²) in [5.74, 6) is 1.24. The van der Waals surface area contributed by atoms with E-state index in [2.05, 4.69) is 15.5 Å². The maximum Gasteiger partial charge on any atom is 0.401 e. The van der Waals surface area contributed by atoms with E-state index < -0.39 is 12.7 Å². The number of ether oxygens (including phenoxy) is 1. The number of nitrogens with zero attached hydrogens (tertiary/aromatic N) is 2. The minimum atomic E-state index is -4.26. The van der Waals surface area contributed by atoms with Crippen LogP contribution in [-0.4, -0.2) is 30.0 Å². The van der Waals surface area contributed by atoms with E-state index >= 15 is 0 Å². The Morgan fingerprint density at radius 2 is 2.14 bits per heavy atom. The first-order valence-corrected chi connectivity index (χ1v) is 6.18. The summed E-state index contributed by atoms with van der Waals surface area (Å²) in [5.41, 5.74) is 0.921. The Hall–Kier alpha value is -2.09. The van der Waals surface area contributed by atoms with Gasteiger partial charge in [-0.2, -0.15) is 18.2 Å². The molecule has 0 fully saturated rings. The van der Waals surface area contributed by atoms with Crippen LogP contribution in [0.4, 0.5) is 13.2 Å². The predicted octanol–water partition coefficient (Wildman–Crippen LogP) is 2.32. The summed E-state index contributed by atoms with van der Waals surface area (Å²) in [6.07, 6.45) is -3.84. The monoisotopic (exact) mass is 301 g/mol. The lowest BCUT2D eigenvalue weighted by atomic mass is 10.1. The smallest absolute Gasteiger partial charge is 0.401 e. The van der Waals surface area contributed by atoms with Crippen LogP contribution in [-0.2, 0) is 13.0 Å². The molecule has 0 spiro atoms. The third-order valence-electron chi connectivity index (χ3n) is 2.61. The lowest BCUT2D eigenvalue weighted by Gasteiger charge is -2.05. The molecule has 0 aliphatic rings.